The van der Waals surface area contributed by atoms with Gasteiger partial charge in [-0.2, -0.15) is 5.10 Å². The molecule has 1 aliphatic rings. The molecule has 12 heavy (non-hydrogen) atoms. The summed E-state index contributed by atoms with van der Waals surface area (Å²) < 4.78 is 0. The molecule has 1 aliphatic carbocycles. The van der Waals surface area contributed by atoms with E-state index in [2.05, 4.69) is 17.1 Å². The topological polar surface area (TPSA) is 76.8 Å². The summed E-state index contributed by atoms with van der Waals surface area (Å²) in [6.45, 7) is 2.09. The summed E-state index contributed by atoms with van der Waals surface area (Å²) in [7, 11) is 0. The van der Waals surface area contributed by atoms with Gasteiger partial charge >= 0.3 is 0 Å². The molecule has 66 valence electrons. The minimum atomic E-state index is 0.0131. The largest absolute Gasteiger partial charge is 0.369 e. The molecule has 4 N–H and O–H groups in total. The molecule has 0 radical (unpaired) electrons. The van der Waals surface area contributed by atoms with Crippen LogP contribution in [0, 0.1) is 0 Å². The molecular formula is C8H14N4. The van der Waals surface area contributed by atoms with Crippen LogP contribution in [0.25, 0.3) is 0 Å². The highest BCUT2D eigenvalue weighted by Gasteiger charge is 2.04. The van der Waals surface area contributed by atoms with Gasteiger partial charge in [0.15, 0.2) is 0 Å². The molecule has 0 fully saturated rings. The second kappa shape index (κ2) is 3.90. The smallest absolute Gasteiger partial charge is 0.211 e. The first-order valence-corrected chi connectivity index (χ1v) is 4.01. The molecule has 0 unspecified atom stereocenters. The van der Waals surface area contributed by atoms with Crippen molar-refractivity contribution >= 4 is 11.7 Å². The molecule has 1 rings (SSSR count). The highest BCUT2D eigenvalue weighted by Crippen LogP contribution is 2.14. The van der Waals surface area contributed by atoms with Crippen molar-refractivity contribution < 1.29 is 0 Å². The van der Waals surface area contributed by atoms with E-state index in [0.717, 1.165) is 25.0 Å². The fourth-order valence-electron chi connectivity index (χ4n) is 1.18. The first kappa shape index (κ1) is 8.77. The Kier molecular flexibility index (Phi) is 2.85. The second-order valence-electron chi connectivity index (χ2n) is 2.96. The van der Waals surface area contributed by atoms with Gasteiger partial charge in [-0.05, 0) is 32.3 Å². The molecule has 4 nitrogen and oxygen atoms in total. The van der Waals surface area contributed by atoms with Crippen LogP contribution in [0.5, 0.6) is 0 Å². The number of hydrogen-bond acceptors (Lipinski definition) is 2. The number of rotatable bonds is 1. The van der Waals surface area contributed by atoms with Gasteiger partial charge in [0.05, 0.1) is 5.71 Å². The Bertz CT molecular complexity index is 246. The van der Waals surface area contributed by atoms with Crippen molar-refractivity contribution in [2.24, 2.45) is 21.7 Å². The molecule has 0 aromatic heterocycles. The maximum atomic E-state index is 5.14. The number of hydrogen-bond donors (Lipinski definition) is 2. The van der Waals surface area contributed by atoms with Gasteiger partial charge < -0.3 is 11.5 Å². The van der Waals surface area contributed by atoms with Crippen molar-refractivity contribution in [1.82, 2.24) is 0 Å². The molecule has 0 bridgehead atoms. The average molecular weight is 166 g/mol. The van der Waals surface area contributed by atoms with E-state index in [4.69, 9.17) is 11.5 Å². The van der Waals surface area contributed by atoms with Crippen LogP contribution >= 0.6 is 0 Å². The fraction of sp³-hybridized carbons (Fsp3) is 0.500. The number of allylic oxidation sites excluding steroid dienone is 2. The lowest BCUT2D eigenvalue weighted by atomic mass is 10.00. The van der Waals surface area contributed by atoms with Gasteiger partial charge in [0.2, 0.25) is 5.96 Å². The van der Waals surface area contributed by atoms with Gasteiger partial charge in [0.25, 0.3) is 0 Å². The van der Waals surface area contributed by atoms with Gasteiger partial charge in [-0.3, -0.25) is 0 Å². The Morgan fingerprint density at radius 1 is 1.42 bits per heavy atom. The van der Waals surface area contributed by atoms with E-state index >= 15 is 0 Å². The number of nitrogens with zero attached hydrogens (tertiary/aromatic N) is 2. The monoisotopic (exact) mass is 166 g/mol. The van der Waals surface area contributed by atoms with E-state index in [1.165, 1.54) is 5.57 Å². The van der Waals surface area contributed by atoms with Crippen LogP contribution in [0.1, 0.15) is 26.2 Å². The van der Waals surface area contributed by atoms with Crippen molar-refractivity contribution in [3.05, 3.63) is 11.6 Å². The predicted octanol–water partition coefficient (Wildman–Crippen LogP) is 0.746. The Morgan fingerprint density at radius 2 is 2.17 bits per heavy atom. The molecule has 0 spiro atoms. The second-order valence-corrected chi connectivity index (χ2v) is 2.96. The zero-order valence-electron chi connectivity index (χ0n) is 7.25. The Hall–Kier alpha value is -1.32. The molecule has 0 saturated heterocycles. The first-order chi connectivity index (χ1) is 5.68. The van der Waals surface area contributed by atoms with Crippen molar-refractivity contribution in [3.63, 3.8) is 0 Å². The maximum absolute atomic E-state index is 5.14. The van der Waals surface area contributed by atoms with Crippen LogP contribution in [-0.2, 0) is 0 Å². The minimum absolute atomic E-state index is 0.0131. The maximum Gasteiger partial charge on any atom is 0.211 e. The quantitative estimate of drug-likeness (QED) is 0.342. The summed E-state index contributed by atoms with van der Waals surface area (Å²) in [5.74, 6) is 0.0131. The van der Waals surface area contributed by atoms with Gasteiger partial charge in [-0.15, -0.1) is 5.10 Å². The van der Waals surface area contributed by atoms with Crippen LogP contribution in [0.15, 0.2) is 21.9 Å². The standard InChI is InChI=1S/C8H14N4/c1-6-3-2-4-7(5-6)11-12-8(9)10/h5H,2-4H2,1H3,(H4,9,10,12)/b11-7+. The highest BCUT2D eigenvalue weighted by atomic mass is 15.3. The normalized spacial score (nSPS) is 20.4. The number of guanidine groups is 1. The SMILES string of the molecule is CC1=C/C(=N/N=C(N)N)CCC1. The van der Waals surface area contributed by atoms with E-state index in [9.17, 15) is 0 Å². The van der Waals surface area contributed by atoms with Gasteiger partial charge in [-0.25, -0.2) is 0 Å². The van der Waals surface area contributed by atoms with Crippen LogP contribution in [0.4, 0.5) is 0 Å². The molecule has 0 aromatic carbocycles. The fourth-order valence-corrected chi connectivity index (χ4v) is 1.18. The summed E-state index contributed by atoms with van der Waals surface area (Å²) in [4.78, 5) is 0. The summed E-state index contributed by atoms with van der Waals surface area (Å²) in [5.41, 5.74) is 12.6. The molecule has 0 saturated carbocycles. The zero-order chi connectivity index (χ0) is 8.97. The molecular weight excluding hydrogens is 152 g/mol. The molecule has 0 aromatic rings. The van der Waals surface area contributed by atoms with Gasteiger partial charge in [0.1, 0.15) is 0 Å². The molecule has 0 heterocycles. The Morgan fingerprint density at radius 3 is 2.75 bits per heavy atom. The van der Waals surface area contributed by atoms with Crippen molar-refractivity contribution in [3.8, 4) is 0 Å². The molecule has 0 amide bonds. The summed E-state index contributed by atoms with van der Waals surface area (Å²) >= 11 is 0. The van der Waals surface area contributed by atoms with Crippen LogP contribution in [0.3, 0.4) is 0 Å². The predicted molar refractivity (Wildman–Crippen MR) is 50.9 cm³/mol. The molecule has 0 atom stereocenters. The third kappa shape index (κ3) is 2.74. The third-order valence-electron chi connectivity index (χ3n) is 1.71. The number of nitrogens with two attached hydrogens (primary N) is 2. The highest BCUT2D eigenvalue weighted by molar-refractivity contribution is 5.96. The van der Waals surface area contributed by atoms with Crippen molar-refractivity contribution in [2.75, 3.05) is 0 Å². The Labute approximate surface area is 72.0 Å². The van der Waals surface area contributed by atoms with Crippen LogP contribution in [-0.4, -0.2) is 11.7 Å². The van der Waals surface area contributed by atoms with E-state index in [1.807, 2.05) is 6.08 Å². The lowest BCUT2D eigenvalue weighted by molar-refractivity contribution is 0.832. The van der Waals surface area contributed by atoms with Gasteiger partial charge in [0, 0.05) is 0 Å². The van der Waals surface area contributed by atoms with Crippen molar-refractivity contribution in [2.45, 2.75) is 26.2 Å². The minimum Gasteiger partial charge on any atom is -0.369 e. The lowest BCUT2D eigenvalue weighted by Crippen LogP contribution is -2.22. The van der Waals surface area contributed by atoms with Crippen LogP contribution < -0.4 is 11.5 Å². The van der Waals surface area contributed by atoms with E-state index in [-0.39, 0.29) is 5.96 Å². The lowest BCUT2D eigenvalue weighted by Gasteiger charge is -2.08. The van der Waals surface area contributed by atoms with E-state index in [0.29, 0.717) is 0 Å². The Balaban J connectivity index is 2.69. The van der Waals surface area contributed by atoms with E-state index in [1.54, 1.807) is 0 Å². The van der Waals surface area contributed by atoms with Crippen LogP contribution in [0.2, 0.25) is 0 Å². The summed E-state index contributed by atoms with van der Waals surface area (Å²) in [6, 6.07) is 0. The third-order valence-corrected chi connectivity index (χ3v) is 1.71. The molecule has 0 aliphatic heterocycles. The first-order valence-electron chi connectivity index (χ1n) is 4.01. The van der Waals surface area contributed by atoms with E-state index < -0.39 is 0 Å². The van der Waals surface area contributed by atoms with Gasteiger partial charge in [-0.1, -0.05) is 5.57 Å². The average Bonchev–Trinajstić information content (AvgIpc) is 2.01. The summed E-state index contributed by atoms with van der Waals surface area (Å²) in [6.07, 6.45) is 5.30. The summed E-state index contributed by atoms with van der Waals surface area (Å²) in [5, 5.41) is 7.51. The molecule has 4 heteroatoms. The zero-order valence-corrected chi connectivity index (χ0v) is 7.25. The van der Waals surface area contributed by atoms with Crippen molar-refractivity contribution in [1.29, 1.82) is 0 Å².